The summed E-state index contributed by atoms with van der Waals surface area (Å²) in [5, 5.41) is 2.86. The minimum atomic E-state index is -0.636. The summed E-state index contributed by atoms with van der Waals surface area (Å²) >= 11 is 5.02. The molecule has 0 spiro atoms. The van der Waals surface area contributed by atoms with Gasteiger partial charge in [0.15, 0.2) is 0 Å². The molecule has 1 amide bonds. The number of furan rings is 1. The number of hydrogen-bond donors (Lipinski definition) is 2. The summed E-state index contributed by atoms with van der Waals surface area (Å²) in [6.45, 7) is 1.85. The first-order valence-electron chi connectivity index (χ1n) is 6.27. The van der Waals surface area contributed by atoms with Crippen LogP contribution in [0.4, 0.5) is 0 Å². The Morgan fingerprint density at radius 1 is 1.25 bits per heavy atom. The van der Waals surface area contributed by atoms with Crippen molar-refractivity contribution in [2.75, 3.05) is 0 Å². The molecule has 1 heterocycles. The van der Waals surface area contributed by atoms with E-state index in [-0.39, 0.29) is 16.9 Å². The molecule has 1 aromatic heterocycles. The van der Waals surface area contributed by atoms with E-state index in [0.29, 0.717) is 5.76 Å². The van der Waals surface area contributed by atoms with Gasteiger partial charge in [-0.1, -0.05) is 42.5 Å². The molecule has 2 atom stereocenters. The van der Waals surface area contributed by atoms with E-state index in [1.807, 2.05) is 43.3 Å². The van der Waals surface area contributed by atoms with Gasteiger partial charge in [0, 0.05) is 0 Å². The molecule has 2 aromatic rings. The van der Waals surface area contributed by atoms with Crippen molar-refractivity contribution in [1.82, 2.24) is 5.32 Å². The van der Waals surface area contributed by atoms with E-state index in [0.717, 1.165) is 5.56 Å². The van der Waals surface area contributed by atoms with Crippen LogP contribution in [-0.2, 0) is 4.79 Å². The van der Waals surface area contributed by atoms with E-state index in [1.165, 1.54) is 0 Å². The lowest BCUT2D eigenvalue weighted by Crippen LogP contribution is -2.37. The maximum atomic E-state index is 12.4. The number of nitrogens with one attached hydrogen (secondary N) is 1. The van der Waals surface area contributed by atoms with E-state index in [2.05, 4.69) is 5.32 Å². The Bertz CT molecular complexity index is 581. The summed E-state index contributed by atoms with van der Waals surface area (Å²) in [7, 11) is 0. The Kier molecular flexibility index (Phi) is 4.53. The molecule has 5 heteroatoms. The largest absolute Gasteiger partial charge is 0.467 e. The van der Waals surface area contributed by atoms with Gasteiger partial charge < -0.3 is 15.5 Å². The average molecular weight is 288 g/mol. The third-order valence-electron chi connectivity index (χ3n) is 3.01. The minimum Gasteiger partial charge on any atom is -0.467 e. The summed E-state index contributed by atoms with van der Waals surface area (Å²) in [5.41, 5.74) is 6.49. The number of nitrogens with two attached hydrogens (primary N) is 1. The van der Waals surface area contributed by atoms with E-state index in [4.69, 9.17) is 22.4 Å². The quantitative estimate of drug-likeness (QED) is 0.830. The van der Waals surface area contributed by atoms with Crippen molar-refractivity contribution in [1.29, 1.82) is 0 Å². The Labute approximate surface area is 123 Å². The Balaban J connectivity index is 2.14. The second-order valence-electron chi connectivity index (χ2n) is 4.49. The fourth-order valence-electron chi connectivity index (χ4n) is 2.00. The van der Waals surface area contributed by atoms with Crippen LogP contribution in [0, 0.1) is 0 Å². The number of carbonyl (C=O) groups is 1. The van der Waals surface area contributed by atoms with Crippen LogP contribution >= 0.6 is 12.2 Å². The lowest BCUT2D eigenvalue weighted by atomic mass is 9.98. The van der Waals surface area contributed by atoms with E-state index in [9.17, 15) is 4.79 Å². The Hall–Kier alpha value is -2.14. The minimum absolute atomic E-state index is 0.153. The first kappa shape index (κ1) is 14.3. The highest BCUT2D eigenvalue weighted by Crippen LogP contribution is 2.19. The van der Waals surface area contributed by atoms with Gasteiger partial charge in [0.25, 0.3) is 0 Å². The highest BCUT2D eigenvalue weighted by Gasteiger charge is 2.25. The maximum absolute atomic E-state index is 12.4. The maximum Gasteiger partial charge on any atom is 0.235 e. The van der Waals surface area contributed by atoms with Crippen molar-refractivity contribution in [3.63, 3.8) is 0 Å². The zero-order chi connectivity index (χ0) is 14.5. The van der Waals surface area contributed by atoms with E-state index in [1.54, 1.807) is 12.3 Å². The number of thiocarbonyl (C=S) groups is 1. The smallest absolute Gasteiger partial charge is 0.235 e. The molecule has 0 aliphatic carbocycles. The summed E-state index contributed by atoms with van der Waals surface area (Å²) in [6.07, 6.45) is 1.57. The molecule has 3 N–H and O–H groups in total. The van der Waals surface area contributed by atoms with Crippen LogP contribution in [0.3, 0.4) is 0 Å². The molecule has 0 aliphatic heterocycles. The van der Waals surface area contributed by atoms with E-state index < -0.39 is 5.92 Å². The Morgan fingerprint density at radius 3 is 2.50 bits per heavy atom. The SMILES string of the molecule is CC(NC(=O)C(C(N)=S)c1ccccc1)c1ccco1. The molecular formula is C15H16N2O2S. The predicted octanol–water partition coefficient (Wildman–Crippen LogP) is 2.53. The summed E-state index contributed by atoms with van der Waals surface area (Å²) in [6, 6.07) is 12.6. The summed E-state index contributed by atoms with van der Waals surface area (Å²) in [4.78, 5) is 12.5. The third kappa shape index (κ3) is 3.24. The molecule has 0 saturated carbocycles. The molecule has 0 radical (unpaired) electrons. The lowest BCUT2D eigenvalue weighted by Gasteiger charge is -2.18. The van der Waals surface area contributed by atoms with Crippen molar-refractivity contribution in [3.05, 3.63) is 60.1 Å². The topological polar surface area (TPSA) is 68.3 Å². The number of benzene rings is 1. The van der Waals surface area contributed by atoms with Crippen LogP contribution in [0.2, 0.25) is 0 Å². The van der Waals surface area contributed by atoms with Crippen molar-refractivity contribution in [3.8, 4) is 0 Å². The fraction of sp³-hybridized carbons (Fsp3) is 0.200. The van der Waals surface area contributed by atoms with Crippen LogP contribution < -0.4 is 11.1 Å². The Morgan fingerprint density at radius 2 is 1.95 bits per heavy atom. The predicted molar refractivity (Wildman–Crippen MR) is 81.2 cm³/mol. The normalized spacial score (nSPS) is 13.4. The van der Waals surface area contributed by atoms with Gasteiger partial charge in [-0.2, -0.15) is 0 Å². The van der Waals surface area contributed by atoms with E-state index >= 15 is 0 Å². The van der Waals surface area contributed by atoms with Crippen molar-refractivity contribution < 1.29 is 9.21 Å². The van der Waals surface area contributed by atoms with Crippen molar-refractivity contribution in [2.45, 2.75) is 18.9 Å². The monoisotopic (exact) mass is 288 g/mol. The molecular weight excluding hydrogens is 272 g/mol. The van der Waals surface area contributed by atoms with Crippen molar-refractivity contribution >= 4 is 23.1 Å². The molecule has 0 bridgehead atoms. The van der Waals surface area contributed by atoms with Crippen LogP contribution in [0.1, 0.15) is 30.2 Å². The van der Waals surface area contributed by atoms with Gasteiger partial charge in [0.1, 0.15) is 11.7 Å². The fourth-order valence-corrected chi connectivity index (χ4v) is 2.24. The van der Waals surface area contributed by atoms with Gasteiger partial charge in [0.05, 0.1) is 17.3 Å². The van der Waals surface area contributed by atoms with Gasteiger partial charge in [-0.05, 0) is 24.6 Å². The number of hydrogen-bond acceptors (Lipinski definition) is 3. The van der Waals surface area contributed by atoms with Crippen LogP contribution in [-0.4, -0.2) is 10.9 Å². The van der Waals surface area contributed by atoms with Crippen LogP contribution in [0.5, 0.6) is 0 Å². The zero-order valence-corrected chi connectivity index (χ0v) is 11.9. The van der Waals surface area contributed by atoms with Crippen LogP contribution in [0.25, 0.3) is 0 Å². The highest BCUT2D eigenvalue weighted by atomic mass is 32.1. The molecule has 104 valence electrons. The second kappa shape index (κ2) is 6.34. The highest BCUT2D eigenvalue weighted by molar-refractivity contribution is 7.80. The number of rotatable bonds is 5. The number of carbonyl (C=O) groups excluding carboxylic acids is 1. The second-order valence-corrected chi connectivity index (χ2v) is 4.96. The molecule has 0 fully saturated rings. The summed E-state index contributed by atoms with van der Waals surface area (Å²) < 4.78 is 5.26. The standard InChI is InChI=1S/C15H16N2O2S/c1-10(12-8-5-9-19-12)17-15(18)13(14(16)20)11-6-3-2-4-7-11/h2-10,13H,1H3,(H2,16,20)(H,17,18). The molecule has 1 aromatic carbocycles. The molecule has 0 aliphatic rings. The first-order chi connectivity index (χ1) is 9.59. The first-order valence-corrected chi connectivity index (χ1v) is 6.68. The third-order valence-corrected chi connectivity index (χ3v) is 3.24. The van der Waals surface area contributed by atoms with Gasteiger partial charge in [-0.15, -0.1) is 0 Å². The summed E-state index contributed by atoms with van der Waals surface area (Å²) in [5.74, 6) is -0.177. The van der Waals surface area contributed by atoms with Crippen molar-refractivity contribution in [2.24, 2.45) is 5.73 Å². The molecule has 0 saturated heterocycles. The molecule has 20 heavy (non-hydrogen) atoms. The lowest BCUT2D eigenvalue weighted by molar-refractivity contribution is -0.121. The van der Waals surface area contributed by atoms with Gasteiger partial charge >= 0.3 is 0 Å². The van der Waals surface area contributed by atoms with Gasteiger partial charge in [0.2, 0.25) is 5.91 Å². The van der Waals surface area contributed by atoms with Gasteiger partial charge in [-0.25, -0.2) is 0 Å². The molecule has 2 unspecified atom stereocenters. The number of amides is 1. The zero-order valence-electron chi connectivity index (χ0n) is 11.1. The molecule has 2 rings (SSSR count). The average Bonchev–Trinajstić information content (AvgIpc) is 2.93. The molecule has 4 nitrogen and oxygen atoms in total. The van der Waals surface area contributed by atoms with Crippen LogP contribution in [0.15, 0.2) is 53.1 Å². The van der Waals surface area contributed by atoms with Gasteiger partial charge in [-0.3, -0.25) is 4.79 Å².